The summed E-state index contributed by atoms with van der Waals surface area (Å²) in [6.07, 6.45) is 2.44. The zero-order valence-corrected chi connectivity index (χ0v) is 20.0. The highest BCUT2D eigenvalue weighted by Crippen LogP contribution is 2.32. The second kappa shape index (κ2) is 9.94. The third-order valence-corrected chi connectivity index (χ3v) is 6.80. The summed E-state index contributed by atoms with van der Waals surface area (Å²) < 4.78 is 11.0. The molecule has 1 amide bonds. The summed E-state index contributed by atoms with van der Waals surface area (Å²) >= 11 is 1.71. The van der Waals surface area contributed by atoms with E-state index >= 15 is 0 Å². The Balaban J connectivity index is 1.69. The van der Waals surface area contributed by atoms with Gasteiger partial charge in [0.1, 0.15) is 11.8 Å². The van der Waals surface area contributed by atoms with E-state index in [1.807, 2.05) is 6.07 Å². The number of ether oxygens (including phenoxy) is 1. The van der Waals surface area contributed by atoms with Gasteiger partial charge in [-0.05, 0) is 67.9 Å². The largest absolute Gasteiger partial charge is 0.464 e. The predicted molar refractivity (Wildman–Crippen MR) is 123 cm³/mol. The first-order valence-corrected chi connectivity index (χ1v) is 12.0. The van der Waals surface area contributed by atoms with E-state index in [1.165, 1.54) is 16.0 Å². The maximum absolute atomic E-state index is 13.0. The van der Waals surface area contributed by atoms with Crippen LogP contribution < -0.4 is 0 Å². The first-order valence-electron chi connectivity index (χ1n) is 11.0. The van der Waals surface area contributed by atoms with E-state index in [9.17, 15) is 9.59 Å². The summed E-state index contributed by atoms with van der Waals surface area (Å²) in [5.41, 5.74) is 2.62. The normalized spacial score (nSPS) is 16.9. The van der Waals surface area contributed by atoms with Crippen molar-refractivity contribution in [1.82, 2.24) is 4.90 Å². The third-order valence-electron chi connectivity index (χ3n) is 5.62. The van der Waals surface area contributed by atoms with E-state index in [-0.39, 0.29) is 23.1 Å². The minimum atomic E-state index is -0.521. The number of nitrogens with zero attached hydrogens (tertiary/aromatic N) is 1. The van der Waals surface area contributed by atoms with E-state index in [1.54, 1.807) is 29.7 Å². The van der Waals surface area contributed by atoms with Crippen molar-refractivity contribution in [3.05, 3.63) is 53.0 Å². The summed E-state index contributed by atoms with van der Waals surface area (Å²) in [5.74, 6) is 1.11. The van der Waals surface area contributed by atoms with E-state index in [4.69, 9.17) is 9.15 Å². The van der Waals surface area contributed by atoms with Crippen LogP contribution in [0, 0.1) is 6.92 Å². The molecule has 1 saturated heterocycles. The number of carbonyl (C=O) groups excluding carboxylic acids is 2. The lowest BCUT2D eigenvalue weighted by Crippen LogP contribution is -2.48. The average molecular weight is 444 g/mol. The van der Waals surface area contributed by atoms with Gasteiger partial charge in [-0.1, -0.05) is 32.9 Å². The third kappa shape index (κ3) is 5.73. The van der Waals surface area contributed by atoms with Gasteiger partial charge in [-0.2, -0.15) is 0 Å². The molecule has 0 spiro atoms. The molecule has 1 aromatic heterocycles. The van der Waals surface area contributed by atoms with E-state index in [0.717, 1.165) is 18.6 Å². The maximum Gasteiger partial charge on any atom is 0.328 e. The molecule has 0 bridgehead atoms. The van der Waals surface area contributed by atoms with Gasteiger partial charge in [-0.3, -0.25) is 4.79 Å². The molecule has 5 nitrogen and oxygen atoms in total. The monoisotopic (exact) mass is 443 g/mol. The van der Waals surface area contributed by atoms with Crippen molar-refractivity contribution >= 4 is 23.6 Å². The van der Waals surface area contributed by atoms with Gasteiger partial charge in [0, 0.05) is 11.4 Å². The Kier molecular flexibility index (Phi) is 7.52. The SMILES string of the molecule is CCOC(=O)C1CCCCN1C(=O)c1ccc(CSc2cc(C(C)(C)C)ccc2C)o1. The molecular formula is C25H33NO4S. The second-order valence-corrected chi connectivity index (χ2v) is 10.1. The Morgan fingerprint density at radius 2 is 1.97 bits per heavy atom. The van der Waals surface area contributed by atoms with Crippen molar-refractivity contribution in [3.63, 3.8) is 0 Å². The number of furan rings is 1. The first kappa shape index (κ1) is 23.5. The Labute approximate surface area is 189 Å². The van der Waals surface area contributed by atoms with E-state index in [0.29, 0.717) is 25.3 Å². The lowest BCUT2D eigenvalue weighted by atomic mass is 9.87. The number of thioether (sulfide) groups is 1. The Morgan fingerprint density at radius 3 is 2.68 bits per heavy atom. The fraction of sp³-hybridized carbons (Fsp3) is 0.520. The zero-order chi connectivity index (χ0) is 22.6. The van der Waals surface area contributed by atoms with Gasteiger partial charge in [0.2, 0.25) is 0 Å². The number of carbonyl (C=O) groups is 2. The number of esters is 1. The molecular weight excluding hydrogens is 410 g/mol. The molecule has 0 radical (unpaired) electrons. The average Bonchev–Trinajstić information content (AvgIpc) is 3.21. The summed E-state index contributed by atoms with van der Waals surface area (Å²) in [6, 6.07) is 9.63. The molecule has 6 heteroatoms. The number of aryl methyl sites for hydroxylation is 1. The van der Waals surface area contributed by atoms with Gasteiger partial charge in [0.15, 0.2) is 5.76 Å². The van der Waals surface area contributed by atoms with Gasteiger partial charge in [-0.15, -0.1) is 11.8 Å². The van der Waals surface area contributed by atoms with Crippen molar-refractivity contribution in [2.24, 2.45) is 0 Å². The highest BCUT2D eigenvalue weighted by Gasteiger charge is 2.34. The van der Waals surface area contributed by atoms with Crippen LogP contribution in [-0.2, 0) is 20.7 Å². The Hall–Kier alpha value is -2.21. The molecule has 1 atom stereocenters. The highest BCUT2D eigenvalue weighted by atomic mass is 32.2. The number of amides is 1. The van der Waals surface area contributed by atoms with Crippen molar-refractivity contribution in [2.75, 3.05) is 13.2 Å². The van der Waals surface area contributed by atoms with Gasteiger partial charge < -0.3 is 14.1 Å². The molecule has 1 unspecified atom stereocenters. The van der Waals surface area contributed by atoms with Crippen LogP contribution in [0.4, 0.5) is 0 Å². The van der Waals surface area contributed by atoms with Gasteiger partial charge in [0.25, 0.3) is 5.91 Å². The molecule has 0 aliphatic carbocycles. The van der Waals surface area contributed by atoms with Crippen LogP contribution in [-0.4, -0.2) is 36.0 Å². The van der Waals surface area contributed by atoms with Crippen LogP contribution in [0.3, 0.4) is 0 Å². The Bertz CT molecular complexity index is 928. The molecule has 1 aromatic carbocycles. The Morgan fingerprint density at radius 1 is 1.19 bits per heavy atom. The topological polar surface area (TPSA) is 59.8 Å². The molecule has 168 valence electrons. The fourth-order valence-electron chi connectivity index (χ4n) is 3.74. The maximum atomic E-state index is 13.0. The van der Waals surface area contributed by atoms with Crippen molar-refractivity contribution in [2.45, 2.75) is 76.0 Å². The molecule has 3 rings (SSSR count). The molecule has 1 fully saturated rings. The molecule has 1 aliphatic heterocycles. The predicted octanol–water partition coefficient (Wildman–Crippen LogP) is 5.74. The van der Waals surface area contributed by atoms with Crippen molar-refractivity contribution < 1.29 is 18.7 Å². The molecule has 31 heavy (non-hydrogen) atoms. The number of hydrogen-bond donors (Lipinski definition) is 0. The van der Waals surface area contributed by atoms with Crippen LogP contribution >= 0.6 is 11.8 Å². The van der Waals surface area contributed by atoms with Crippen LogP contribution in [0.25, 0.3) is 0 Å². The van der Waals surface area contributed by atoms with Crippen LogP contribution in [0.15, 0.2) is 39.6 Å². The molecule has 0 N–H and O–H groups in total. The zero-order valence-electron chi connectivity index (χ0n) is 19.2. The van der Waals surface area contributed by atoms with E-state index < -0.39 is 6.04 Å². The number of piperidine rings is 1. The van der Waals surface area contributed by atoms with Gasteiger partial charge >= 0.3 is 5.97 Å². The first-order chi connectivity index (χ1) is 14.7. The molecule has 0 saturated carbocycles. The van der Waals surface area contributed by atoms with E-state index in [2.05, 4.69) is 45.9 Å². The molecule has 2 heterocycles. The summed E-state index contributed by atoms with van der Waals surface area (Å²) in [4.78, 5) is 28.1. The summed E-state index contributed by atoms with van der Waals surface area (Å²) in [7, 11) is 0. The number of rotatable bonds is 6. The van der Waals surface area contributed by atoms with Crippen LogP contribution in [0.5, 0.6) is 0 Å². The minimum absolute atomic E-state index is 0.0944. The van der Waals surface area contributed by atoms with Crippen LogP contribution in [0.1, 0.15) is 74.4 Å². The molecule has 2 aromatic rings. The second-order valence-electron chi connectivity index (χ2n) is 9.05. The van der Waals surface area contributed by atoms with Gasteiger partial charge in [-0.25, -0.2) is 4.79 Å². The summed E-state index contributed by atoms with van der Waals surface area (Å²) in [6.45, 7) is 11.4. The minimum Gasteiger partial charge on any atom is -0.464 e. The number of likely N-dealkylation sites (tertiary alicyclic amines) is 1. The van der Waals surface area contributed by atoms with Crippen molar-refractivity contribution in [3.8, 4) is 0 Å². The summed E-state index contributed by atoms with van der Waals surface area (Å²) in [5, 5.41) is 0. The van der Waals surface area contributed by atoms with Gasteiger partial charge in [0.05, 0.1) is 12.4 Å². The quantitative estimate of drug-likeness (QED) is 0.421. The number of hydrogen-bond acceptors (Lipinski definition) is 5. The smallest absolute Gasteiger partial charge is 0.328 e. The van der Waals surface area contributed by atoms with Crippen molar-refractivity contribution in [1.29, 1.82) is 0 Å². The lowest BCUT2D eigenvalue weighted by Gasteiger charge is -2.33. The highest BCUT2D eigenvalue weighted by molar-refractivity contribution is 7.98. The molecule has 1 aliphatic rings. The lowest BCUT2D eigenvalue weighted by molar-refractivity contribution is -0.149. The number of benzene rings is 1. The standard InChI is InChI=1S/C25H33NO4S/c1-6-29-24(28)20-9-7-8-14-26(20)23(27)21-13-12-19(30-21)16-31-22-15-18(25(3,4)5)11-10-17(22)2/h10-13,15,20H,6-9,14,16H2,1-5H3. The fourth-order valence-corrected chi connectivity index (χ4v) is 4.70. The van der Waals surface area contributed by atoms with Crippen LogP contribution in [0.2, 0.25) is 0 Å².